The highest BCUT2D eigenvalue weighted by atomic mass is 19.1. The van der Waals surface area contributed by atoms with Gasteiger partial charge in [-0.2, -0.15) is 0 Å². The van der Waals surface area contributed by atoms with Gasteiger partial charge in [-0.3, -0.25) is 0 Å². The summed E-state index contributed by atoms with van der Waals surface area (Å²) in [6.07, 6.45) is 5.06. The molecule has 1 nitrogen and oxygen atoms in total. The normalized spacial score (nSPS) is 18.5. The summed E-state index contributed by atoms with van der Waals surface area (Å²) in [4.78, 5) is 2.54. The second kappa shape index (κ2) is 6.15. The molecule has 2 heteroatoms. The smallest absolute Gasteiger partial charge is 0.123 e. The predicted octanol–water partition coefficient (Wildman–Crippen LogP) is 3.49. The number of rotatable bonds is 4. The van der Waals surface area contributed by atoms with Crippen LogP contribution in [0.15, 0.2) is 24.3 Å². The Balaban J connectivity index is 1.74. The van der Waals surface area contributed by atoms with Crippen molar-refractivity contribution in [2.75, 3.05) is 19.6 Å². The van der Waals surface area contributed by atoms with Crippen LogP contribution >= 0.6 is 0 Å². The van der Waals surface area contributed by atoms with E-state index < -0.39 is 0 Å². The Labute approximate surface area is 104 Å². The molecule has 1 aromatic carbocycles. The molecular formula is C15H22FN. The SMILES string of the molecule is CCC1CCN(CCc2ccc(F)cc2)CC1. The zero-order valence-corrected chi connectivity index (χ0v) is 10.7. The lowest BCUT2D eigenvalue weighted by Gasteiger charge is -2.31. The molecule has 17 heavy (non-hydrogen) atoms. The van der Waals surface area contributed by atoms with Crippen molar-refractivity contribution in [1.29, 1.82) is 0 Å². The first-order chi connectivity index (χ1) is 8.28. The number of piperidine rings is 1. The van der Waals surface area contributed by atoms with E-state index in [0.29, 0.717) is 0 Å². The molecule has 0 amide bonds. The third-order valence-corrected chi connectivity index (χ3v) is 3.91. The molecule has 0 atom stereocenters. The number of likely N-dealkylation sites (tertiary alicyclic amines) is 1. The van der Waals surface area contributed by atoms with Crippen molar-refractivity contribution < 1.29 is 4.39 Å². The number of benzene rings is 1. The molecule has 0 saturated carbocycles. The van der Waals surface area contributed by atoms with Crippen LogP contribution in [0.2, 0.25) is 0 Å². The maximum atomic E-state index is 12.8. The van der Waals surface area contributed by atoms with E-state index in [9.17, 15) is 4.39 Å². The first-order valence-corrected chi connectivity index (χ1v) is 6.74. The Kier molecular flexibility index (Phi) is 4.55. The second-order valence-corrected chi connectivity index (χ2v) is 5.07. The molecule has 1 fully saturated rings. The van der Waals surface area contributed by atoms with Crippen LogP contribution in [0.3, 0.4) is 0 Å². The zero-order valence-electron chi connectivity index (χ0n) is 10.7. The minimum atomic E-state index is -0.141. The van der Waals surface area contributed by atoms with Crippen LogP contribution in [0.1, 0.15) is 31.7 Å². The van der Waals surface area contributed by atoms with Crippen LogP contribution in [0.4, 0.5) is 4.39 Å². The van der Waals surface area contributed by atoms with Gasteiger partial charge in [-0.25, -0.2) is 4.39 Å². The van der Waals surface area contributed by atoms with Crippen molar-refractivity contribution in [3.8, 4) is 0 Å². The number of hydrogen-bond donors (Lipinski definition) is 0. The Bertz CT molecular complexity index is 325. The van der Waals surface area contributed by atoms with Crippen LogP contribution in [0, 0.1) is 11.7 Å². The average molecular weight is 235 g/mol. The maximum Gasteiger partial charge on any atom is 0.123 e. The van der Waals surface area contributed by atoms with Gasteiger partial charge >= 0.3 is 0 Å². The maximum absolute atomic E-state index is 12.8. The molecular weight excluding hydrogens is 213 g/mol. The third kappa shape index (κ3) is 3.81. The first-order valence-electron chi connectivity index (χ1n) is 6.74. The minimum absolute atomic E-state index is 0.141. The summed E-state index contributed by atoms with van der Waals surface area (Å²) >= 11 is 0. The highest BCUT2D eigenvalue weighted by molar-refractivity contribution is 5.16. The number of halogens is 1. The Morgan fingerprint density at radius 1 is 1.18 bits per heavy atom. The minimum Gasteiger partial charge on any atom is -0.303 e. The molecule has 1 saturated heterocycles. The lowest BCUT2D eigenvalue weighted by atomic mass is 9.94. The van der Waals surface area contributed by atoms with E-state index in [2.05, 4.69) is 11.8 Å². The van der Waals surface area contributed by atoms with E-state index in [-0.39, 0.29) is 5.82 Å². The summed E-state index contributed by atoms with van der Waals surface area (Å²) in [5.74, 6) is 0.801. The van der Waals surface area contributed by atoms with Crippen molar-refractivity contribution in [3.63, 3.8) is 0 Å². The van der Waals surface area contributed by atoms with Gasteiger partial charge < -0.3 is 4.90 Å². The second-order valence-electron chi connectivity index (χ2n) is 5.07. The van der Waals surface area contributed by atoms with Gasteiger partial charge in [0.1, 0.15) is 5.82 Å². The molecule has 0 unspecified atom stereocenters. The predicted molar refractivity (Wildman–Crippen MR) is 69.6 cm³/mol. The van der Waals surface area contributed by atoms with E-state index >= 15 is 0 Å². The van der Waals surface area contributed by atoms with Gasteiger partial charge in [0.2, 0.25) is 0 Å². The van der Waals surface area contributed by atoms with E-state index in [1.54, 1.807) is 12.1 Å². The van der Waals surface area contributed by atoms with Crippen molar-refractivity contribution in [3.05, 3.63) is 35.6 Å². The summed E-state index contributed by atoms with van der Waals surface area (Å²) in [7, 11) is 0. The molecule has 1 aliphatic rings. The Morgan fingerprint density at radius 2 is 1.82 bits per heavy atom. The van der Waals surface area contributed by atoms with Crippen LogP contribution in [0.5, 0.6) is 0 Å². The van der Waals surface area contributed by atoms with Crippen molar-refractivity contribution in [1.82, 2.24) is 4.90 Å². The monoisotopic (exact) mass is 235 g/mol. The van der Waals surface area contributed by atoms with Crippen LogP contribution in [-0.2, 0) is 6.42 Å². The largest absolute Gasteiger partial charge is 0.303 e. The summed E-state index contributed by atoms with van der Waals surface area (Å²) < 4.78 is 12.8. The van der Waals surface area contributed by atoms with Gasteiger partial charge in [-0.05, 0) is 56.0 Å². The van der Waals surface area contributed by atoms with Gasteiger partial charge in [0, 0.05) is 6.54 Å². The molecule has 0 aromatic heterocycles. The quantitative estimate of drug-likeness (QED) is 0.772. The van der Waals surface area contributed by atoms with Crippen molar-refractivity contribution in [2.45, 2.75) is 32.6 Å². The standard InChI is InChI=1S/C15H22FN/c1-2-13-7-10-17(11-8-13)12-9-14-3-5-15(16)6-4-14/h3-6,13H,2,7-12H2,1H3. The van der Waals surface area contributed by atoms with Crippen LogP contribution in [0.25, 0.3) is 0 Å². The average Bonchev–Trinajstić information content (AvgIpc) is 2.39. The zero-order chi connectivity index (χ0) is 12.1. The lowest BCUT2D eigenvalue weighted by molar-refractivity contribution is 0.184. The molecule has 1 heterocycles. The fourth-order valence-electron chi connectivity index (χ4n) is 2.56. The third-order valence-electron chi connectivity index (χ3n) is 3.91. The highest BCUT2D eigenvalue weighted by Crippen LogP contribution is 2.20. The fraction of sp³-hybridized carbons (Fsp3) is 0.600. The first kappa shape index (κ1) is 12.6. The highest BCUT2D eigenvalue weighted by Gasteiger charge is 2.16. The van der Waals surface area contributed by atoms with Gasteiger partial charge in [-0.15, -0.1) is 0 Å². The summed E-state index contributed by atoms with van der Waals surface area (Å²) in [5.41, 5.74) is 1.24. The van der Waals surface area contributed by atoms with Crippen molar-refractivity contribution >= 4 is 0 Å². The fourth-order valence-corrected chi connectivity index (χ4v) is 2.56. The summed E-state index contributed by atoms with van der Waals surface area (Å²) in [6.45, 7) is 5.88. The summed E-state index contributed by atoms with van der Waals surface area (Å²) in [5, 5.41) is 0. The molecule has 94 valence electrons. The molecule has 0 aliphatic carbocycles. The Hall–Kier alpha value is -0.890. The van der Waals surface area contributed by atoms with Gasteiger partial charge in [0.15, 0.2) is 0 Å². The topological polar surface area (TPSA) is 3.24 Å². The van der Waals surface area contributed by atoms with Crippen molar-refractivity contribution in [2.24, 2.45) is 5.92 Å². The molecule has 1 aromatic rings. The van der Waals surface area contributed by atoms with E-state index in [4.69, 9.17) is 0 Å². The summed E-state index contributed by atoms with van der Waals surface area (Å²) in [6, 6.07) is 6.90. The molecule has 0 bridgehead atoms. The van der Waals surface area contributed by atoms with Crippen LogP contribution in [-0.4, -0.2) is 24.5 Å². The number of hydrogen-bond acceptors (Lipinski definition) is 1. The molecule has 2 rings (SSSR count). The molecule has 1 aliphatic heterocycles. The molecule has 0 spiro atoms. The molecule has 0 radical (unpaired) electrons. The van der Waals surface area contributed by atoms with Gasteiger partial charge in [0.05, 0.1) is 0 Å². The lowest BCUT2D eigenvalue weighted by Crippen LogP contribution is -2.34. The van der Waals surface area contributed by atoms with Crippen LogP contribution < -0.4 is 0 Å². The number of nitrogens with zero attached hydrogens (tertiary/aromatic N) is 1. The van der Waals surface area contributed by atoms with E-state index in [1.807, 2.05) is 12.1 Å². The van der Waals surface area contributed by atoms with Gasteiger partial charge in [0.25, 0.3) is 0 Å². The van der Waals surface area contributed by atoms with E-state index in [1.165, 1.54) is 37.9 Å². The van der Waals surface area contributed by atoms with Gasteiger partial charge in [-0.1, -0.05) is 25.5 Å². The molecule has 0 N–H and O–H groups in total. The van der Waals surface area contributed by atoms with E-state index in [0.717, 1.165) is 18.9 Å². The Morgan fingerprint density at radius 3 is 2.41 bits per heavy atom.